The molecule has 1 fully saturated rings. The van der Waals surface area contributed by atoms with Crippen LogP contribution in [0, 0.1) is 5.92 Å². The monoisotopic (exact) mass is 302 g/mol. The highest BCUT2D eigenvalue weighted by Gasteiger charge is 2.30. The van der Waals surface area contributed by atoms with Crippen molar-refractivity contribution in [3.05, 3.63) is 18.2 Å². The number of hydrogen-bond acceptors (Lipinski definition) is 4. The second kappa shape index (κ2) is 6.21. The minimum atomic E-state index is -3.52. The van der Waals surface area contributed by atoms with E-state index in [1.807, 2.05) is 31.7 Å². The molecular weight excluding hydrogens is 280 g/mol. The van der Waals surface area contributed by atoms with Crippen LogP contribution in [0.4, 0.5) is 0 Å². The summed E-state index contributed by atoms with van der Waals surface area (Å²) >= 11 is 0. The van der Waals surface area contributed by atoms with E-state index in [1.165, 1.54) is 4.31 Å². The van der Waals surface area contributed by atoms with E-state index < -0.39 is 10.2 Å². The van der Waals surface area contributed by atoms with Crippen molar-refractivity contribution < 1.29 is 13.2 Å². The predicted molar refractivity (Wildman–Crippen MR) is 75.2 cm³/mol. The molecule has 0 unspecified atom stereocenters. The van der Waals surface area contributed by atoms with Crippen molar-refractivity contribution >= 4 is 10.2 Å². The zero-order valence-electron chi connectivity index (χ0n) is 12.1. The number of nitrogens with one attached hydrogen (secondary N) is 1. The average Bonchev–Trinajstić information content (AvgIpc) is 2.83. The van der Waals surface area contributed by atoms with Gasteiger partial charge in [0.15, 0.2) is 0 Å². The van der Waals surface area contributed by atoms with Crippen molar-refractivity contribution in [1.29, 1.82) is 0 Å². The normalized spacial score (nSPS) is 19.4. The largest absolute Gasteiger partial charge is 0.379 e. The lowest BCUT2D eigenvalue weighted by Gasteiger charge is -2.29. The Hall–Kier alpha value is -0.960. The van der Waals surface area contributed by atoms with E-state index in [0.717, 1.165) is 5.82 Å². The van der Waals surface area contributed by atoms with Gasteiger partial charge >= 0.3 is 0 Å². The van der Waals surface area contributed by atoms with E-state index in [0.29, 0.717) is 26.3 Å². The lowest BCUT2D eigenvalue weighted by atomic mass is 10.1. The third-order valence-electron chi connectivity index (χ3n) is 3.39. The van der Waals surface area contributed by atoms with Crippen LogP contribution in [0.25, 0.3) is 0 Å². The van der Waals surface area contributed by atoms with Gasteiger partial charge in [0.25, 0.3) is 10.2 Å². The lowest BCUT2D eigenvalue weighted by molar-refractivity contribution is 0.0721. The summed E-state index contributed by atoms with van der Waals surface area (Å²) in [7, 11) is -1.66. The average molecular weight is 302 g/mol. The van der Waals surface area contributed by atoms with Crippen molar-refractivity contribution in [2.75, 3.05) is 26.3 Å². The maximum absolute atomic E-state index is 12.4. The molecule has 1 N–H and O–H groups in total. The van der Waals surface area contributed by atoms with Crippen molar-refractivity contribution in [2.24, 2.45) is 13.0 Å². The molecule has 1 saturated heterocycles. The van der Waals surface area contributed by atoms with Gasteiger partial charge in [0.2, 0.25) is 0 Å². The van der Waals surface area contributed by atoms with Gasteiger partial charge < -0.3 is 9.30 Å². The van der Waals surface area contributed by atoms with Gasteiger partial charge in [-0.2, -0.15) is 17.4 Å². The van der Waals surface area contributed by atoms with Crippen LogP contribution in [-0.2, 0) is 22.0 Å². The van der Waals surface area contributed by atoms with Crippen LogP contribution in [0.15, 0.2) is 12.4 Å². The van der Waals surface area contributed by atoms with Crippen molar-refractivity contribution in [1.82, 2.24) is 18.6 Å². The van der Waals surface area contributed by atoms with Crippen LogP contribution in [0.5, 0.6) is 0 Å². The number of nitrogens with zero attached hydrogens (tertiary/aromatic N) is 3. The summed E-state index contributed by atoms with van der Waals surface area (Å²) in [5, 5.41) is 0. The Bertz CT molecular complexity index is 535. The molecule has 0 saturated carbocycles. The topological polar surface area (TPSA) is 76.5 Å². The van der Waals surface area contributed by atoms with E-state index in [9.17, 15) is 8.42 Å². The molecule has 0 radical (unpaired) electrons. The van der Waals surface area contributed by atoms with E-state index in [4.69, 9.17) is 4.74 Å². The number of aryl methyl sites for hydroxylation is 1. The predicted octanol–water partition coefficient (Wildman–Crippen LogP) is 0.284. The Balaban J connectivity index is 2.18. The van der Waals surface area contributed by atoms with Crippen molar-refractivity contribution in [3.8, 4) is 0 Å². The lowest BCUT2D eigenvalue weighted by Crippen LogP contribution is -2.48. The fourth-order valence-electron chi connectivity index (χ4n) is 2.19. The molecule has 1 aliphatic heterocycles. The number of hydrogen-bond donors (Lipinski definition) is 1. The van der Waals surface area contributed by atoms with Gasteiger partial charge in [0, 0.05) is 32.5 Å². The Labute approximate surface area is 120 Å². The fraction of sp³-hybridized carbons (Fsp3) is 0.750. The van der Waals surface area contributed by atoms with Gasteiger partial charge in [-0.15, -0.1) is 0 Å². The third kappa shape index (κ3) is 3.38. The molecular formula is C12H22N4O3S. The molecule has 7 nitrogen and oxygen atoms in total. The number of ether oxygens (including phenoxy) is 1. The zero-order chi connectivity index (χ0) is 14.8. The van der Waals surface area contributed by atoms with Gasteiger partial charge in [0.05, 0.1) is 19.3 Å². The summed E-state index contributed by atoms with van der Waals surface area (Å²) in [6.45, 7) is 5.61. The molecule has 8 heteroatoms. The standard InChI is InChI=1S/C12H22N4O3S/c1-10(2)11(12-13-4-5-15(12)3)14-20(17,18)16-6-8-19-9-7-16/h4-5,10-11,14H,6-9H2,1-3H3/t11-/m1/s1. The summed E-state index contributed by atoms with van der Waals surface area (Å²) in [5.74, 6) is 0.823. The molecule has 114 valence electrons. The maximum atomic E-state index is 12.4. The molecule has 1 aromatic heterocycles. The number of rotatable bonds is 5. The second-order valence-corrected chi connectivity index (χ2v) is 6.95. The Morgan fingerprint density at radius 2 is 2.00 bits per heavy atom. The van der Waals surface area contributed by atoms with Gasteiger partial charge in [-0.3, -0.25) is 0 Å². The molecule has 0 amide bonds. The zero-order valence-corrected chi connectivity index (χ0v) is 12.9. The SMILES string of the molecule is CC(C)[C@@H](NS(=O)(=O)N1CCOCC1)c1nccn1C. The van der Waals surface area contributed by atoms with Crippen LogP contribution in [0.1, 0.15) is 25.7 Å². The highest BCUT2D eigenvalue weighted by molar-refractivity contribution is 7.87. The quantitative estimate of drug-likeness (QED) is 0.848. The Kier molecular flexibility index (Phi) is 4.79. The first-order chi connectivity index (χ1) is 9.42. The van der Waals surface area contributed by atoms with Crippen LogP contribution in [-0.4, -0.2) is 48.6 Å². The summed E-state index contributed by atoms with van der Waals surface area (Å²) in [5.41, 5.74) is 0. The third-order valence-corrected chi connectivity index (χ3v) is 4.99. The fourth-order valence-corrected chi connectivity index (χ4v) is 3.66. The summed E-state index contributed by atoms with van der Waals surface area (Å²) in [6.07, 6.45) is 3.49. The smallest absolute Gasteiger partial charge is 0.280 e. The number of aromatic nitrogens is 2. The van der Waals surface area contributed by atoms with Crippen molar-refractivity contribution in [3.63, 3.8) is 0 Å². The molecule has 2 heterocycles. The van der Waals surface area contributed by atoms with E-state index >= 15 is 0 Å². The van der Waals surface area contributed by atoms with Crippen LogP contribution in [0.2, 0.25) is 0 Å². The summed E-state index contributed by atoms with van der Waals surface area (Å²) in [6, 6.07) is -0.345. The van der Waals surface area contributed by atoms with E-state index in [2.05, 4.69) is 9.71 Å². The first kappa shape index (κ1) is 15.4. The molecule has 0 aliphatic carbocycles. The molecule has 0 spiro atoms. The van der Waals surface area contributed by atoms with E-state index in [1.54, 1.807) is 6.20 Å². The second-order valence-electron chi connectivity index (χ2n) is 5.25. The molecule has 0 aromatic carbocycles. The van der Waals surface area contributed by atoms with Crippen molar-refractivity contribution in [2.45, 2.75) is 19.9 Å². The van der Waals surface area contributed by atoms with Gasteiger partial charge in [-0.05, 0) is 5.92 Å². The first-order valence-electron chi connectivity index (χ1n) is 6.74. The number of imidazole rings is 1. The molecule has 20 heavy (non-hydrogen) atoms. The molecule has 1 aliphatic rings. The van der Waals surface area contributed by atoms with E-state index in [-0.39, 0.29) is 12.0 Å². The maximum Gasteiger partial charge on any atom is 0.280 e. The van der Waals surface area contributed by atoms with Gasteiger partial charge in [-0.25, -0.2) is 4.98 Å². The molecule has 2 rings (SSSR count). The van der Waals surface area contributed by atoms with Gasteiger partial charge in [0.1, 0.15) is 5.82 Å². The van der Waals surface area contributed by atoms with Gasteiger partial charge in [-0.1, -0.05) is 13.8 Å². The molecule has 1 aromatic rings. The molecule has 1 atom stereocenters. The minimum absolute atomic E-state index is 0.104. The van der Waals surface area contributed by atoms with Crippen LogP contribution >= 0.6 is 0 Å². The highest BCUT2D eigenvalue weighted by atomic mass is 32.2. The highest BCUT2D eigenvalue weighted by Crippen LogP contribution is 2.21. The molecule has 0 bridgehead atoms. The minimum Gasteiger partial charge on any atom is -0.379 e. The van der Waals surface area contributed by atoms with Crippen LogP contribution < -0.4 is 4.72 Å². The summed E-state index contributed by atoms with van der Waals surface area (Å²) < 4.78 is 36.1. The van der Waals surface area contributed by atoms with Crippen LogP contribution in [0.3, 0.4) is 0 Å². The Morgan fingerprint density at radius 3 is 2.50 bits per heavy atom. The summed E-state index contributed by atoms with van der Waals surface area (Å²) in [4.78, 5) is 4.26. The Morgan fingerprint density at radius 1 is 1.35 bits per heavy atom. The first-order valence-corrected chi connectivity index (χ1v) is 8.18. The number of morpholine rings is 1.